The third-order valence-corrected chi connectivity index (χ3v) is 7.34. The SMILES string of the molecule is CCNC(c1ccccc1OC)C1CSC(C)C(C)S1. The number of nitrogens with one attached hydrogen (secondary N) is 1. The molecule has 0 saturated carbocycles. The van der Waals surface area contributed by atoms with Gasteiger partial charge < -0.3 is 10.1 Å². The fourth-order valence-electron chi connectivity index (χ4n) is 2.57. The van der Waals surface area contributed by atoms with Crippen LogP contribution in [0.1, 0.15) is 32.4 Å². The summed E-state index contributed by atoms with van der Waals surface area (Å²) in [7, 11) is 1.76. The minimum absolute atomic E-state index is 0.364. The van der Waals surface area contributed by atoms with E-state index in [1.807, 2.05) is 6.07 Å². The van der Waals surface area contributed by atoms with Gasteiger partial charge in [-0.3, -0.25) is 0 Å². The molecule has 1 fully saturated rings. The van der Waals surface area contributed by atoms with Crippen molar-refractivity contribution in [1.82, 2.24) is 5.32 Å². The zero-order chi connectivity index (χ0) is 14.5. The lowest BCUT2D eigenvalue weighted by Crippen LogP contribution is -2.37. The van der Waals surface area contributed by atoms with Crippen molar-refractivity contribution < 1.29 is 4.74 Å². The normalized spacial score (nSPS) is 28.1. The lowest BCUT2D eigenvalue weighted by Gasteiger charge is -2.36. The van der Waals surface area contributed by atoms with Crippen LogP contribution in [0.25, 0.3) is 0 Å². The van der Waals surface area contributed by atoms with E-state index in [4.69, 9.17) is 4.74 Å². The number of methoxy groups -OCH3 is 1. The monoisotopic (exact) mass is 311 g/mol. The second-order valence-electron chi connectivity index (χ2n) is 5.20. The fraction of sp³-hybridized carbons (Fsp3) is 0.625. The molecular formula is C16H25NOS2. The summed E-state index contributed by atoms with van der Waals surface area (Å²) in [6.45, 7) is 7.84. The van der Waals surface area contributed by atoms with E-state index in [1.165, 1.54) is 11.3 Å². The summed E-state index contributed by atoms with van der Waals surface area (Å²) in [6.07, 6.45) is 0. The van der Waals surface area contributed by atoms with E-state index in [0.29, 0.717) is 16.5 Å². The second-order valence-corrected chi connectivity index (χ2v) is 8.23. The highest BCUT2D eigenvalue weighted by Gasteiger charge is 2.32. The van der Waals surface area contributed by atoms with E-state index < -0.39 is 0 Å². The molecule has 1 aliphatic heterocycles. The summed E-state index contributed by atoms with van der Waals surface area (Å²) in [6, 6.07) is 8.77. The average molecular weight is 312 g/mol. The number of ether oxygens (including phenoxy) is 1. The van der Waals surface area contributed by atoms with Crippen molar-refractivity contribution in [2.75, 3.05) is 19.4 Å². The highest BCUT2D eigenvalue weighted by Crippen LogP contribution is 2.42. The van der Waals surface area contributed by atoms with Crippen molar-refractivity contribution in [1.29, 1.82) is 0 Å². The summed E-state index contributed by atoms with van der Waals surface area (Å²) >= 11 is 4.21. The average Bonchev–Trinajstić information content (AvgIpc) is 2.48. The predicted octanol–water partition coefficient (Wildman–Crippen LogP) is 3.97. The van der Waals surface area contributed by atoms with E-state index in [0.717, 1.165) is 17.5 Å². The molecule has 20 heavy (non-hydrogen) atoms. The zero-order valence-electron chi connectivity index (χ0n) is 12.8. The Morgan fingerprint density at radius 1 is 1.30 bits per heavy atom. The molecule has 1 aromatic rings. The molecule has 1 saturated heterocycles. The third-order valence-electron chi connectivity index (χ3n) is 3.84. The Bertz CT molecular complexity index is 427. The van der Waals surface area contributed by atoms with Gasteiger partial charge in [-0.15, -0.1) is 0 Å². The van der Waals surface area contributed by atoms with Crippen molar-refractivity contribution in [3.63, 3.8) is 0 Å². The summed E-state index contributed by atoms with van der Waals surface area (Å²) in [5, 5.41) is 5.71. The van der Waals surface area contributed by atoms with E-state index >= 15 is 0 Å². The second kappa shape index (κ2) is 7.62. The molecule has 4 heteroatoms. The van der Waals surface area contributed by atoms with Gasteiger partial charge in [-0.25, -0.2) is 0 Å². The molecular weight excluding hydrogens is 286 g/mol. The van der Waals surface area contributed by atoms with Crippen LogP contribution < -0.4 is 10.1 Å². The number of benzene rings is 1. The van der Waals surface area contributed by atoms with Crippen molar-refractivity contribution in [2.45, 2.75) is 42.6 Å². The maximum atomic E-state index is 5.56. The Morgan fingerprint density at radius 3 is 2.70 bits per heavy atom. The number of hydrogen-bond acceptors (Lipinski definition) is 4. The van der Waals surface area contributed by atoms with Gasteiger partial charge in [0.2, 0.25) is 0 Å². The van der Waals surface area contributed by atoms with Crippen molar-refractivity contribution in [3.8, 4) is 5.75 Å². The summed E-state index contributed by atoms with van der Waals surface area (Å²) in [4.78, 5) is 0. The molecule has 1 aliphatic rings. The van der Waals surface area contributed by atoms with Gasteiger partial charge in [0.1, 0.15) is 5.75 Å². The minimum Gasteiger partial charge on any atom is -0.496 e. The molecule has 0 amide bonds. The molecule has 2 nitrogen and oxygen atoms in total. The first kappa shape index (κ1) is 16.1. The van der Waals surface area contributed by atoms with Crippen LogP contribution >= 0.6 is 23.5 Å². The summed E-state index contributed by atoms with van der Waals surface area (Å²) in [5.41, 5.74) is 1.29. The fourth-order valence-corrected chi connectivity index (χ4v) is 5.68. The Hall–Kier alpha value is -0.320. The van der Waals surface area contributed by atoms with Crippen LogP contribution in [-0.4, -0.2) is 35.2 Å². The van der Waals surface area contributed by atoms with E-state index in [-0.39, 0.29) is 0 Å². The largest absolute Gasteiger partial charge is 0.496 e. The van der Waals surface area contributed by atoms with Crippen LogP contribution in [0, 0.1) is 0 Å². The Morgan fingerprint density at radius 2 is 2.05 bits per heavy atom. The van der Waals surface area contributed by atoms with Gasteiger partial charge >= 0.3 is 0 Å². The first-order valence-corrected chi connectivity index (χ1v) is 9.29. The Balaban J connectivity index is 2.22. The quantitative estimate of drug-likeness (QED) is 0.888. The molecule has 0 aliphatic carbocycles. The van der Waals surface area contributed by atoms with Crippen LogP contribution in [0.4, 0.5) is 0 Å². The highest BCUT2D eigenvalue weighted by molar-refractivity contribution is 8.07. The number of hydrogen-bond donors (Lipinski definition) is 1. The minimum atomic E-state index is 0.364. The topological polar surface area (TPSA) is 21.3 Å². The molecule has 4 unspecified atom stereocenters. The number of thioether (sulfide) groups is 2. The molecule has 2 rings (SSSR count). The van der Waals surface area contributed by atoms with Gasteiger partial charge in [-0.1, -0.05) is 39.0 Å². The van der Waals surface area contributed by atoms with Crippen LogP contribution in [0.15, 0.2) is 24.3 Å². The van der Waals surface area contributed by atoms with Crippen LogP contribution in [0.3, 0.4) is 0 Å². The maximum absolute atomic E-state index is 5.56. The lowest BCUT2D eigenvalue weighted by atomic mass is 10.0. The van der Waals surface area contributed by atoms with E-state index in [9.17, 15) is 0 Å². The van der Waals surface area contributed by atoms with Crippen molar-refractivity contribution in [2.24, 2.45) is 0 Å². The Kier molecular flexibility index (Phi) is 6.12. The first-order valence-electron chi connectivity index (χ1n) is 7.30. The van der Waals surface area contributed by atoms with Gasteiger partial charge in [-0.05, 0) is 12.6 Å². The van der Waals surface area contributed by atoms with Crippen LogP contribution in [0.2, 0.25) is 0 Å². The van der Waals surface area contributed by atoms with Gasteiger partial charge in [0.25, 0.3) is 0 Å². The summed E-state index contributed by atoms with van der Waals surface area (Å²) in [5.74, 6) is 2.20. The molecule has 0 radical (unpaired) electrons. The predicted molar refractivity (Wildman–Crippen MR) is 92.2 cm³/mol. The third kappa shape index (κ3) is 3.66. The number of rotatable bonds is 5. The molecule has 0 spiro atoms. The zero-order valence-corrected chi connectivity index (χ0v) is 14.4. The standard InChI is InChI=1S/C16H25NOS2/c1-5-17-16(13-8-6-7-9-14(13)18-4)15-10-19-11(2)12(3)20-15/h6-9,11-12,15-17H,5,10H2,1-4H3. The van der Waals surface area contributed by atoms with Crippen LogP contribution in [-0.2, 0) is 0 Å². The van der Waals surface area contributed by atoms with Gasteiger partial charge in [0, 0.05) is 33.1 Å². The van der Waals surface area contributed by atoms with Crippen LogP contribution in [0.5, 0.6) is 5.75 Å². The first-order chi connectivity index (χ1) is 9.67. The van der Waals surface area contributed by atoms with Gasteiger partial charge in [-0.2, -0.15) is 23.5 Å². The lowest BCUT2D eigenvalue weighted by molar-refractivity contribution is 0.399. The van der Waals surface area contributed by atoms with Gasteiger partial charge in [0.15, 0.2) is 0 Å². The molecule has 0 bridgehead atoms. The molecule has 112 valence electrons. The molecule has 4 atom stereocenters. The van der Waals surface area contributed by atoms with E-state index in [2.05, 4.69) is 67.8 Å². The summed E-state index contributed by atoms with van der Waals surface area (Å²) < 4.78 is 5.56. The van der Waals surface area contributed by atoms with Crippen molar-refractivity contribution in [3.05, 3.63) is 29.8 Å². The molecule has 1 aromatic carbocycles. The van der Waals surface area contributed by atoms with Gasteiger partial charge in [0.05, 0.1) is 7.11 Å². The highest BCUT2D eigenvalue weighted by atomic mass is 32.2. The maximum Gasteiger partial charge on any atom is 0.123 e. The molecule has 1 heterocycles. The molecule has 0 aromatic heterocycles. The van der Waals surface area contributed by atoms with Crippen molar-refractivity contribution >= 4 is 23.5 Å². The van der Waals surface area contributed by atoms with E-state index in [1.54, 1.807) is 7.11 Å². The Labute approximate surface area is 131 Å². The smallest absolute Gasteiger partial charge is 0.123 e. The number of para-hydroxylation sites is 1. The molecule has 1 N–H and O–H groups in total.